The van der Waals surface area contributed by atoms with E-state index in [-0.39, 0.29) is 30.9 Å². The van der Waals surface area contributed by atoms with E-state index in [1.807, 2.05) is 45.2 Å². The lowest BCUT2D eigenvalue weighted by Gasteiger charge is -2.39. The number of likely N-dealkylation sites (tertiary alicyclic amines) is 1. The molecule has 1 N–H and O–H groups in total. The van der Waals surface area contributed by atoms with Gasteiger partial charge in [0.2, 0.25) is 0 Å². The first-order valence-corrected chi connectivity index (χ1v) is 11.1. The highest BCUT2D eigenvalue weighted by Gasteiger charge is 2.33. The minimum absolute atomic E-state index is 0. The van der Waals surface area contributed by atoms with Crippen molar-refractivity contribution < 1.29 is 23.0 Å². The van der Waals surface area contributed by atoms with Gasteiger partial charge in [-0.3, -0.25) is 4.90 Å². The van der Waals surface area contributed by atoms with E-state index in [1.165, 1.54) is 12.1 Å². The van der Waals surface area contributed by atoms with E-state index in [0.29, 0.717) is 51.0 Å². The minimum atomic E-state index is -4.33. The Morgan fingerprint density at radius 1 is 1.06 bits per heavy atom. The van der Waals surface area contributed by atoms with E-state index in [9.17, 15) is 18.3 Å². The van der Waals surface area contributed by atoms with E-state index in [2.05, 4.69) is 9.80 Å². The van der Waals surface area contributed by atoms with Gasteiger partial charge in [-0.25, -0.2) is 0 Å². The molecule has 1 saturated heterocycles. The van der Waals surface area contributed by atoms with Crippen LogP contribution in [0.3, 0.4) is 0 Å². The zero-order chi connectivity index (χ0) is 23.4. The minimum Gasteiger partial charge on any atom is -0.491 e. The fourth-order valence-corrected chi connectivity index (χ4v) is 4.04. The molecule has 3 rings (SSSR count). The molecule has 0 radical (unpaired) electrons. The first-order valence-electron chi connectivity index (χ1n) is 11.1. The summed E-state index contributed by atoms with van der Waals surface area (Å²) in [5.74, 6) is 0.837. The van der Waals surface area contributed by atoms with Crippen molar-refractivity contribution in [2.45, 2.75) is 57.5 Å². The molecule has 9 heteroatoms. The maximum Gasteiger partial charge on any atom is 0.416 e. The number of benzene rings is 2. The lowest BCUT2D eigenvalue weighted by molar-refractivity contribution is -0.137. The van der Waals surface area contributed by atoms with Crippen LogP contribution in [-0.2, 0) is 12.7 Å². The maximum atomic E-state index is 12.9. The fourth-order valence-electron chi connectivity index (χ4n) is 4.04. The van der Waals surface area contributed by atoms with Gasteiger partial charge in [-0.15, -0.1) is 24.8 Å². The SMILES string of the molecule is CC(C)Oc1ccc(N(C)CCC2(O)CCN(Cc3cccc(C(F)(F)F)c3)CC2)cc1.Cl.Cl. The summed E-state index contributed by atoms with van der Waals surface area (Å²) in [5, 5.41) is 11.0. The Kier molecular flexibility index (Phi) is 11.5. The molecular formula is C25H35Cl2F3N2O2. The van der Waals surface area contributed by atoms with E-state index < -0.39 is 17.3 Å². The van der Waals surface area contributed by atoms with Crippen LogP contribution in [0.25, 0.3) is 0 Å². The van der Waals surface area contributed by atoms with Gasteiger partial charge in [0.05, 0.1) is 17.3 Å². The molecule has 1 aliphatic rings. The predicted octanol–water partition coefficient (Wildman–Crippen LogP) is 6.19. The summed E-state index contributed by atoms with van der Waals surface area (Å²) < 4.78 is 44.5. The van der Waals surface area contributed by atoms with Crippen LogP contribution in [0.5, 0.6) is 5.75 Å². The number of rotatable bonds is 8. The van der Waals surface area contributed by atoms with Gasteiger partial charge >= 0.3 is 6.18 Å². The Hall–Kier alpha value is -1.67. The van der Waals surface area contributed by atoms with Crippen molar-refractivity contribution in [2.75, 3.05) is 31.6 Å². The number of ether oxygens (including phenoxy) is 1. The third-order valence-electron chi connectivity index (χ3n) is 6.01. The van der Waals surface area contributed by atoms with Crippen molar-refractivity contribution in [3.05, 3.63) is 59.7 Å². The number of hydrogen-bond donors (Lipinski definition) is 1. The summed E-state index contributed by atoms with van der Waals surface area (Å²) in [4.78, 5) is 4.23. The molecule has 0 spiro atoms. The van der Waals surface area contributed by atoms with Gasteiger partial charge in [0.15, 0.2) is 0 Å². The molecule has 4 nitrogen and oxygen atoms in total. The van der Waals surface area contributed by atoms with Gasteiger partial charge in [0.25, 0.3) is 0 Å². The second-order valence-corrected chi connectivity index (χ2v) is 9.03. The van der Waals surface area contributed by atoms with E-state index in [4.69, 9.17) is 4.74 Å². The van der Waals surface area contributed by atoms with Gasteiger partial charge in [-0.05, 0) is 69.0 Å². The van der Waals surface area contributed by atoms with Gasteiger partial charge in [-0.1, -0.05) is 18.2 Å². The first-order chi connectivity index (χ1) is 15.0. The summed E-state index contributed by atoms with van der Waals surface area (Å²) >= 11 is 0. The Morgan fingerprint density at radius 3 is 2.24 bits per heavy atom. The third-order valence-corrected chi connectivity index (χ3v) is 6.01. The number of anilines is 1. The van der Waals surface area contributed by atoms with Crippen LogP contribution in [0, 0.1) is 0 Å². The summed E-state index contributed by atoms with van der Waals surface area (Å²) in [6, 6.07) is 13.4. The van der Waals surface area contributed by atoms with E-state index in [1.54, 1.807) is 6.07 Å². The lowest BCUT2D eigenvalue weighted by atomic mass is 9.88. The van der Waals surface area contributed by atoms with Crippen LogP contribution in [0.2, 0.25) is 0 Å². The zero-order valence-electron chi connectivity index (χ0n) is 19.8. The molecular weight excluding hydrogens is 488 g/mol. The standard InChI is InChI=1S/C25H33F3N2O2.2ClH/c1-19(2)32-23-9-7-22(8-10-23)29(3)14-11-24(31)12-15-30(16-13-24)18-20-5-4-6-21(17-20)25(26,27)28;;/h4-10,17,19,31H,11-16,18H2,1-3H3;2*1H. The van der Waals surface area contributed by atoms with Crippen molar-refractivity contribution in [3.63, 3.8) is 0 Å². The van der Waals surface area contributed by atoms with E-state index in [0.717, 1.165) is 17.5 Å². The molecule has 0 aromatic heterocycles. The highest BCUT2D eigenvalue weighted by molar-refractivity contribution is 5.85. The number of nitrogens with zero attached hydrogens (tertiary/aromatic N) is 2. The average Bonchev–Trinajstić information content (AvgIpc) is 2.74. The Bertz CT molecular complexity index is 871. The molecule has 2 aromatic carbocycles. The van der Waals surface area contributed by atoms with Gasteiger partial charge in [0.1, 0.15) is 5.75 Å². The van der Waals surface area contributed by atoms with Crippen molar-refractivity contribution in [2.24, 2.45) is 0 Å². The smallest absolute Gasteiger partial charge is 0.416 e. The first kappa shape index (κ1) is 30.4. The number of piperidine rings is 1. The largest absolute Gasteiger partial charge is 0.491 e. The van der Waals surface area contributed by atoms with Crippen LogP contribution in [0.4, 0.5) is 18.9 Å². The second kappa shape index (κ2) is 12.9. The summed E-state index contributed by atoms with van der Waals surface area (Å²) in [6.07, 6.45) is -2.33. The van der Waals surface area contributed by atoms with Crippen molar-refractivity contribution >= 4 is 30.5 Å². The molecule has 0 amide bonds. The summed E-state index contributed by atoms with van der Waals surface area (Å²) in [7, 11) is 2.00. The number of aliphatic hydroxyl groups is 1. The van der Waals surface area contributed by atoms with E-state index >= 15 is 0 Å². The molecule has 1 fully saturated rings. The fraction of sp³-hybridized carbons (Fsp3) is 0.520. The quantitative estimate of drug-likeness (QED) is 0.448. The predicted molar refractivity (Wildman–Crippen MR) is 135 cm³/mol. The van der Waals surface area contributed by atoms with Crippen LogP contribution >= 0.6 is 24.8 Å². The molecule has 1 aliphatic heterocycles. The van der Waals surface area contributed by atoms with Gasteiger partial charge in [-0.2, -0.15) is 13.2 Å². The van der Waals surface area contributed by atoms with Gasteiger partial charge in [0, 0.05) is 38.9 Å². The Morgan fingerprint density at radius 2 is 1.68 bits per heavy atom. The lowest BCUT2D eigenvalue weighted by Crippen LogP contribution is -2.45. The third kappa shape index (κ3) is 8.84. The Labute approximate surface area is 212 Å². The molecule has 2 aromatic rings. The van der Waals surface area contributed by atoms with Crippen molar-refractivity contribution in [1.82, 2.24) is 4.90 Å². The maximum absolute atomic E-state index is 12.9. The van der Waals surface area contributed by atoms with Crippen molar-refractivity contribution in [3.8, 4) is 5.75 Å². The molecule has 0 unspecified atom stereocenters. The average molecular weight is 523 g/mol. The van der Waals surface area contributed by atoms with Crippen LogP contribution < -0.4 is 9.64 Å². The topological polar surface area (TPSA) is 35.9 Å². The second-order valence-electron chi connectivity index (χ2n) is 9.03. The molecule has 1 heterocycles. The molecule has 0 saturated carbocycles. The van der Waals surface area contributed by atoms with Crippen LogP contribution in [0.15, 0.2) is 48.5 Å². The highest BCUT2D eigenvalue weighted by Crippen LogP contribution is 2.31. The zero-order valence-corrected chi connectivity index (χ0v) is 21.5. The molecule has 0 atom stereocenters. The number of hydrogen-bond acceptors (Lipinski definition) is 4. The van der Waals surface area contributed by atoms with Crippen molar-refractivity contribution in [1.29, 1.82) is 0 Å². The monoisotopic (exact) mass is 522 g/mol. The van der Waals surface area contributed by atoms with Gasteiger partial charge < -0.3 is 14.7 Å². The summed E-state index contributed by atoms with van der Waals surface area (Å²) in [5.41, 5.74) is 0.344. The summed E-state index contributed by atoms with van der Waals surface area (Å²) in [6.45, 7) is 6.49. The number of alkyl halides is 3. The molecule has 34 heavy (non-hydrogen) atoms. The molecule has 0 aliphatic carbocycles. The van der Waals surface area contributed by atoms with Crippen LogP contribution in [0.1, 0.15) is 44.2 Å². The van der Waals surface area contributed by atoms with Crippen LogP contribution in [-0.4, -0.2) is 48.4 Å². The molecule has 0 bridgehead atoms. The number of halogens is 5. The Balaban J connectivity index is 0.00000289. The molecule has 192 valence electrons. The highest BCUT2D eigenvalue weighted by atomic mass is 35.5. The normalized spacial score (nSPS) is 15.9.